The summed E-state index contributed by atoms with van der Waals surface area (Å²) < 4.78 is 1.89. The number of hydrogen-bond donors (Lipinski definition) is 0. The number of hydrogen-bond acceptors (Lipinski definition) is 1. The molecule has 0 saturated heterocycles. The minimum Gasteiger partial charge on any atom is -0.271 e. The van der Waals surface area contributed by atoms with Crippen molar-refractivity contribution in [2.24, 2.45) is 7.05 Å². The lowest BCUT2D eigenvalue weighted by Crippen LogP contribution is -2.08. The highest BCUT2D eigenvalue weighted by Gasteiger charge is 2.19. The van der Waals surface area contributed by atoms with Crippen LogP contribution in [0.3, 0.4) is 0 Å². The summed E-state index contributed by atoms with van der Waals surface area (Å²) in [5.74, 6) is 0.325. The molecule has 2 rings (SSSR count). The number of nitrogens with zero attached hydrogens (tertiary/aromatic N) is 2. The lowest BCUT2D eigenvalue weighted by molar-refractivity contribution is 0.658. The second-order valence-electron chi connectivity index (χ2n) is 4.79. The van der Waals surface area contributed by atoms with Gasteiger partial charge >= 0.3 is 0 Å². The number of benzene rings is 1. The van der Waals surface area contributed by atoms with E-state index in [2.05, 4.69) is 34.0 Å². The minimum atomic E-state index is 0.325. The molecule has 0 aliphatic carbocycles. The SMILES string of the molecule is CCc1nn(C)c(CC(CBr)c2cccc(Cl)c2)c1Cl. The Balaban J connectivity index is 2.29. The number of alkyl halides is 1. The molecule has 1 unspecified atom stereocenters. The first-order valence-electron chi connectivity index (χ1n) is 6.58. The molecule has 108 valence electrons. The zero-order valence-electron chi connectivity index (χ0n) is 11.5. The molecular weight excluding hydrogens is 359 g/mol. The van der Waals surface area contributed by atoms with Crippen LogP contribution in [0, 0.1) is 0 Å². The number of rotatable bonds is 5. The Bertz CT molecular complexity index is 596. The summed E-state index contributed by atoms with van der Waals surface area (Å²) >= 11 is 16.1. The van der Waals surface area contributed by atoms with Crippen LogP contribution in [0.2, 0.25) is 10.0 Å². The molecule has 0 bridgehead atoms. The van der Waals surface area contributed by atoms with Gasteiger partial charge in [0.1, 0.15) is 0 Å². The number of aromatic nitrogens is 2. The zero-order chi connectivity index (χ0) is 14.7. The van der Waals surface area contributed by atoms with Crippen molar-refractivity contribution in [3.8, 4) is 0 Å². The third-order valence-corrected chi connectivity index (χ3v) is 4.90. The Labute approximate surface area is 138 Å². The Morgan fingerprint density at radius 1 is 1.35 bits per heavy atom. The Morgan fingerprint density at radius 3 is 2.65 bits per heavy atom. The van der Waals surface area contributed by atoms with Gasteiger partial charge in [-0.25, -0.2) is 0 Å². The first-order chi connectivity index (χ1) is 9.56. The molecule has 0 spiro atoms. The van der Waals surface area contributed by atoms with Gasteiger partial charge in [-0.1, -0.05) is 58.2 Å². The van der Waals surface area contributed by atoms with E-state index in [-0.39, 0.29) is 0 Å². The zero-order valence-corrected chi connectivity index (χ0v) is 14.6. The van der Waals surface area contributed by atoms with Crippen molar-refractivity contribution >= 4 is 39.1 Å². The molecule has 2 aromatic rings. The molecule has 1 atom stereocenters. The monoisotopic (exact) mass is 374 g/mol. The molecule has 2 nitrogen and oxygen atoms in total. The number of halogens is 3. The Hall–Kier alpha value is -0.510. The van der Waals surface area contributed by atoms with Gasteiger partial charge in [-0.3, -0.25) is 4.68 Å². The average molecular weight is 376 g/mol. The van der Waals surface area contributed by atoms with Gasteiger partial charge in [0.2, 0.25) is 0 Å². The summed E-state index contributed by atoms with van der Waals surface area (Å²) in [6.45, 7) is 2.07. The van der Waals surface area contributed by atoms with Crippen LogP contribution in [0.1, 0.15) is 29.8 Å². The minimum absolute atomic E-state index is 0.325. The topological polar surface area (TPSA) is 17.8 Å². The average Bonchev–Trinajstić information content (AvgIpc) is 2.71. The van der Waals surface area contributed by atoms with E-state index in [1.807, 2.05) is 29.9 Å². The normalized spacial score (nSPS) is 12.7. The second kappa shape index (κ2) is 6.97. The standard InChI is InChI=1S/C15H17BrCl2N2/c1-3-13-15(18)14(20(2)19-13)8-11(9-16)10-5-4-6-12(17)7-10/h4-7,11H,3,8-9H2,1-2H3. The summed E-state index contributed by atoms with van der Waals surface area (Å²) in [6.07, 6.45) is 1.69. The second-order valence-corrected chi connectivity index (χ2v) is 6.26. The molecule has 20 heavy (non-hydrogen) atoms. The smallest absolute Gasteiger partial charge is 0.0849 e. The highest BCUT2D eigenvalue weighted by atomic mass is 79.9. The van der Waals surface area contributed by atoms with Crippen molar-refractivity contribution in [1.82, 2.24) is 9.78 Å². The largest absolute Gasteiger partial charge is 0.271 e. The fourth-order valence-corrected chi connectivity index (χ4v) is 3.47. The molecular formula is C15H17BrCl2N2. The van der Waals surface area contributed by atoms with Crippen LogP contribution in [-0.4, -0.2) is 15.1 Å². The van der Waals surface area contributed by atoms with E-state index in [9.17, 15) is 0 Å². The fourth-order valence-electron chi connectivity index (χ4n) is 2.30. The maximum atomic E-state index is 6.42. The molecule has 1 aromatic heterocycles. The lowest BCUT2D eigenvalue weighted by atomic mass is 9.96. The Kier molecular flexibility index (Phi) is 5.53. The van der Waals surface area contributed by atoms with Crippen LogP contribution >= 0.6 is 39.1 Å². The van der Waals surface area contributed by atoms with Gasteiger partial charge in [-0.15, -0.1) is 0 Å². The van der Waals surface area contributed by atoms with E-state index >= 15 is 0 Å². The van der Waals surface area contributed by atoms with E-state index < -0.39 is 0 Å². The predicted molar refractivity (Wildman–Crippen MR) is 89.3 cm³/mol. The molecule has 0 fully saturated rings. The Morgan fingerprint density at radius 2 is 2.10 bits per heavy atom. The van der Waals surface area contributed by atoms with Crippen molar-refractivity contribution in [2.75, 3.05) is 5.33 Å². The third-order valence-electron chi connectivity index (χ3n) is 3.45. The summed E-state index contributed by atoms with van der Waals surface area (Å²) in [6, 6.07) is 7.99. The van der Waals surface area contributed by atoms with Gasteiger partial charge in [-0.2, -0.15) is 5.10 Å². The summed E-state index contributed by atoms with van der Waals surface area (Å²) in [5, 5.41) is 6.89. The van der Waals surface area contributed by atoms with Crippen molar-refractivity contribution in [3.63, 3.8) is 0 Å². The van der Waals surface area contributed by atoms with Crippen LogP contribution in [0.15, 0.2) is 24.3 Å². The van der Waals surface area contributed by atoms with E-state index in [0.717, 1.165) is 39.6 Å². The summed E-state index contributed by atoms with van der Waals surface area (Å²) in [5.41, 5.74) is 3.25. The first-order valence-corrected chi connectivity index (χ1v) is 8.46. The highest BCUT2D eigenvalue weighted by molar-refractivity contribution is 9.09. The fraction of sp³-hybridized carbons (Fsp3) is 0.400. The van der Waals surface area contributed by atoms with Crippen molar-refractivity contribution in [1.29, 1.82) is 0 Å². The van der Waals surface area contributed by atoms with Crippen LogP contribution in [0.5, 0.6) is 0 Å². The van der Waals surface area contributed by atoms with E-state index in [1.165, 1.54) is 5.56 Å². The molecule has 1 heterocycles. The first kappa shape index (κ1) is 15.9. The van der Waals surface area contributed by atoms with Gasteiger partial charge < -0.3 is 0 Å². The van der Waals surface area contributed by atoms with E-state index in [0.29, 0.717) is 5.92 Å². The van der Waals surface area contributed by atoms with E-state index in [4.69, 9.17) is 23.2 Å². The van der Waals surface area contributed by atoms with Crippen molar-refractivity contribution < 1.29 is 0 Å². The molecule has 1 aromatic carbocycles. The van der Waals surface area contributed by atoms with Gasteiger partial charge in [0.05, 0.1) is 16.4 Å². The molecule has 0 saturated carbocycles. The van der Waals surface area contributed by atoms with E-state index in [1.54, 1.807) is 0 Å². The maximum Gasteiger partial charge on any atom is 0.0849 e. The van der Waals surface area contributed by atoms with Crippen molar-refractivity contribution in [3.05, 3.63) is 51.3 Å². The number of aryl methyl sites for hydroxylation is 2. The van der Waals surface area contributed by atoms with Gasteiger partial charge in [-0.05, 0) is 36.5 Å². The van der Waals surface area contributed by atoms with Crippen LogP contribution in [0.4, 0.5) is 0 Å². The van der Waals surface area contributed by atoms with Crippen LogP contribution < -0.4 is 0 Å². The van der Waals surface area contributed by atoms with Crippen LogP contribution in [0.25, 0.3) is 0 Å². The van der Waals surface area contributed by atoms with Gasteiger partial charge in [0.25, 0.3) is 0 Å². The lowest BCUT2D eigenvalue weighted by Gasteiger charge is -2.15. The van der Waals surface area contributed by atoms with Gasteiger partial charge in [0.15, 0.2) is 0 Å². The van der Waals surface area contributed by atoms with Gasteiger partial charge in [0, 0.05) is 17.4 Å². The molecule has 0 amide bonds. The third kappa shape index (κ3) is 3.38. The maximum absolute atomic E-state index is 6.42. The molecule has 0 aliphatic rings. The predicted octanol–water partition coefficient (Wildman–Crippen LogP) is 5.01. The highest BCUT2D eigenvalue weighted by Crippen LogP contribution is 2.29. The van der Waals surface area contributed by atoms with Crippen molar-refractivity contribution in [2.45, 2.75) is 25.7 Å². The molecule has 5 heteroatoms. The van der Waals surface area contributed by atoms with Crippen LogP contribution in [-0.2, 0) is 19.9 Å². The summed E-state index contributed by atoms with van der Waals surface area (Å²) in [7, 11) is 1.95. The molecule has 0 radical (unpaired) electrons. The molecule has 0 aliphatic heterocycles. The summed E-state index contributed by atoms with van der Waals surface area (Å²) in [4.78, 5) is 0. The molecule has 0 N–H and O–H groups in total. The quantitative estimate of drug-likeness (QED) is 0.671.